The molecule has 0 spiro atoms. The van der Waals surface area contributed by atoms with E-state index in [1.54, 1.807) is 6.07 Å². The van der Waals surface area contributed by atoms with Crippen molar-refractivity contribution in [2.45, 2.75) is 50.6 Å². The first kappa shape index (κ1) is 12.8. The van der Waals surface area contributed by atoms with Crippen molar-refractivity contribution in [2.75, 3.05) is 13.1 Å². The Kier molecular flexibility index (Phi) is 3.66. The summed E-state index contributed by atoms with van der Waals surface area (Å²) in [6, 6.07) is 2.92. The molecule has 5 nitrogen and oxygen atoms in total. The predicted molar refractivity (Wildman–Crippen MR) is 74.4 cm³/mol. The highest BCUT2D eigenvalue weighted by molar-refractivity contribution is 5.14. The SMILES string of the molecule is Cc1nc(C2CC(NC3CCNCC3)C2)cc(=O)[nH]1. The second-order valence-electron chi connectivity index (χ2n) is 5.81. The molecule has 1 saturated carbocycles. The van der Waals surface area contributed by atoms with Crippen molar-refractivity contribution in [1.29, 1.82) is 0 Å². The lowest BCUT2D eigenvalue weighted by molar-refractivity contribution is 0.239. The van der Waals surface area contributed by atoms with Gasteiger partial charge in [-0.2, -0.15) is 0 Å². The summed E-state index contributed by atoms with van der Waals surface area (Å²) in [5.41, 5.74) is 0.932. The van der Waals surface area contributed by atoms with Gasteiger partial charge in [-0.25, -0.2) is 4.98 Å². The molecule has 1 aromatic heterocycles. The molecule has 104 valence electrons. The van der Waals surface area contributed by atoms with Crippen LogP contribution in [-0.2, 0) is 0 Å². The van der Waals surface area contributed by atoms with Crippen molar-refractivity contribution in [3.8, 4) is 0 Å². The third-order valence-corrected chi connectivity index (χ3v) is 4.25. The van der Waals surface area contributed by atoms with E-state index < -0.39 is 0 Å². The minimum Gasteiger partial charge on any atom is -0.317 e. The average molecular weight is 262 g/mol. The maximum Gasteiger partial charge on any atom is 0.251 e. The fourth-order valence-corrected chi connectivity index (χ4v) is 3.13. The van der Waals surface area contributed by atoms with Crippen LogP contribution in [0.4, 0.5) is 0 Å². The van der Waals surface area contributed by atoms with E-state index in [0.29, 0.717) is 18.0 Å². The van der Waals surface area contributed by atoms with Crippen molar-refractivity contribution >= 4 is 0 Å². The van der Waals surface area contributed by atoms with Crippen molar-refractivity contribution in [3.05, 3.63) is 27.9 Å². The van der Waals surface area contributed by atoms with E-state index in [1.165, 1.54) is 12.8 Å². The van der Waals surface area contributed by atoms with Crippen LogP contribution in [0, 0.1) is 6.92 Å². The van der Waals surface area contributed by atoms with Crippen molar-refractivity contribution in [2.24, 2.45) is 0 Å². The predicted octanol–water partition coefficient (Wildman–Crippen LogP) is 0.666. The van der Waals surface area contributed by atoms with Gasteiger partial charge in [0.25, 0.3) is 5.56 Å². The third kappa shape index (κ3) is 3.04. The third-order valence-electron chi connectivity index (χ3n) is 4.25. The van der Waals surface area contributed by atoms with Crippen LogP contribution in [0.3, 0.4) is 0 Å². The zero-order valence-electron chi connectivity index (χ0n) is 11.4. The van der Waals surface area contributed by atoms with Crippen LogP contribution in [0.25, 0.3) is 0 Å². The number of aryl methyl sites for hydroxylation is 1. The molecule has 5 heteroatoms. The highest BCUT2D eigenvalue weighted by Gasteiger charge is 2.33. The Morgan fingerprint density at radius 3 is 2.68 bits per heavy atom. The van der Waals surface area contributed by atoms with Crippen LogP contribution in [0.15, 0.2) is 10.9 Å². The largest absolute Gasteiger partial charge is 0.317 e. The van der Waals surface area contributed by atoms with Gasteiger partial charge in [-0.3, -0.25) is 4.79 Å². The number of nitrogens with zero attached hydrogens (tertiary/aromatic N) is 1. The summed E-state index contributed by atoms with van der Waals surface area (Å²) < 4.78 is 0. The van der Waals surface area contributed by atoms with Gasteiger partial charge in [-0.05, 0) is 45.7 Å². The lowest BCUT2D eigenvalue weighted by Gasteiger charge is -2.39. The van der Waals surface area contributed by atoms with Gasteiger partial charge >= 0.3 is 0 Å². The van der Waals surface area contributed by atoms with Crippen molar-refractivity contribution in [3.63, 3.8) is 0 Å². The minimum atomic E-state index is -0.0303. The lowest BCUT2D eigenvalue weighted by Crippen LogP contribution is -2.49. The molecule has 2 heterocycles. The van der Waals surface area contributed by atoms with Crippen LogP contribution < -0.4 is 16.2 Å². The molecule has 0 unspecified atom stereocenters. The smallest absolute Gasteiger partial charge is 0.251 e. The van der Waals surface area contributed by atoms with E-state index >= 15 is 0 Å². The van der Waals surface area contributed by atoms with Gasteiger partial charge in [-0.1, -0.05) is 0 Å². The van der Waals surface area contributed by atoms with E-state index in [4.69, 9.17) is 0 Å². The molecule has 19 heavy (non-hydrogen) atoms. The maximum atomic E-state index is 11.4. The van der Waals surface area contributed by atoms with E-state index in [9.17, 15) is 4.79 Å². The number of nitrogens with one attached hydrogen (secondary N) is 3. The van der Waals surface area contributed by atoms with Gasteiger partial charge in [0.15, 0.2) is 0 Å². The average Bonchev–Trinajstić information content (AvgIpc) is 2.33. The van der Waals surface area contributed by atoms with Crippen LogP contribution in [-0.4, -0.2) is 35.1 Å². The van der Waals surface area contributed by atoms with Crippen molar-refractivity contribution in [1.82, 2.24) is 20.6 Å². The molecule has 0 bridgehead atoms. The topological polar surface area (TPSA) is 69.8 Å². The number of piperidine rings is 1. The van der Waals surface area contributed by atoms with Crippen LogP contribution in [0.5, 0.6) is 0 Å². The van der Waals surface area contributed by atoms with Crippen molar-refractivity contribution < 1.29 is 0 Å². The van der Waals surface area contributed by atoms with Gasteiger partial charge in [0.1, 0.15) is 5.82 Å². The molecule has 2 aliphatic rings. The second kappa shape index (κ2) is 5.43. The zero-order chi connectivity index (χ0) is 13.2. The summed E-state index contributed by atoms with van der Waals surface area (Å²) >= 11 is 0. The number of H-pyrrole nitrogens is 1. The Labute approximate surface area is 113 Å². The van der Waals surface area contributed by atoms with Gasteiger partial charge in [-0.15, -0.1) is 0 Å². The van der Waals surface area contributed by atoms with Crippen LogP contribution in [0.1, 0.15) is 43.1 Å². The summed E-state index contributed by atoms with van der Waals surface area (Å²) in [7, 11) is 0. The fraction of sp³-hybridized carbons (Fsp3) is 0.714. The van der Waals surface area contributed by atoms with Crippen LogP contribution in [0.2, 0.25) is 0 Å². The minimum absolute atomic E-state index is 0.0303. The van der Waals surface area contributed by atoms with E-state index in [2.05, 4.69) is 20.6 Å². The van der Waals surface area contributed by atoms with Gasteiger partial charge < -0.3 is 15.6 Å². The molecular weight excluding hydrogens is 240 g/mol. The van der Waals surface area contributed by atoms with E-state index in [1.807, 2.05) is 6.92 Å². The number of aromatic nitrogens is 2. The second-order valence-corrected chi connectivity index (χ2v) is 5.81. The molecule has 3 rings (SSSR count). The number of aromatic amines is 1. The first-order valence-electron chi connectivity index (χ1n) is 7.25. The Balaban J connectivity index is 1.53. The number of hydrogen-bond acceptors (Lipinski definition) is 4. The Hall–Kier alpha value is -1.20. The van der Waals surface area contributed by atoms with E-state index in [-0.39, 0.29) is 5.56 Å². The summed E-state index contributed by atoms with van der Waals surface area (Å²) in [4.78, 5) is 18.6. The molecule has 1 aliphatic heterocycles. The van der Waals surface area contributed by atoms with E-state index in [0.717, 1.165) is 37.4 Å². The number of hydrogen-bond donors (Lipinski definition) is 3. The quantitative estimate of drug-likeness (QED) is 0.748. The van der Waals surface area contributed by atoms with Crippen LogP contribution >= 0.6 is 0 Å². The Morgan fingerprint density at radius 2 is 2.00 bits per heavy atom. The zero-order valence-corrected chi connectivity index (χ0v) is 11.4. The standard InChI is InChI=1S/C14H22N4O/c1-9-16-13(8-14(19)17-9)10-6-12(7-10)18-11-2-4-15-5-3-11/h8,10-12,15,18H,2-7H2,1H3,(H,16,17,19). The highest BCUT2D eigenvalue weighted by Crippen LogP contribution is 2.35. The molecule has 0 atom stereocenters. The van der Waals surface area contributed by atoms with Gasteiger partial charge in [0.2, 0.25) is 0 Å². The summed E-state index contributed by atoms with van der Waals surface area (Å²) in [5.74, 6) is 1.18. The molecule has 1 saturated heterocycles. The summed E-state index contributed by atoms with van der Waals surface area (Å²) in [5, 5.41) is 7.11. The normalized spacial score (nSPS) is 28.1. The highest BCUT2D eigenvalue weighted by atomic mass is 16.1. The summed E-state index contributed by atoms with van der Waals surface area (Å²) in [6.07, 6.45) is 4.67. The van der Waals surface area contributed by atoms with Gasteiger partial charge in [0.05, 0.1) is 5.69 Å². The monoisotopic (exact) mass is 262 g/mol. The molecule has 1 aromatic rings. The molecule has 3 N–H and O–H groups in total. The first-order chi connectivity index (χ1) is 9.20. The fourth-order valence-electron chi connectivity index (χ4n) is 3.13. The molecule has 2 fully saturated rings. The molecule has 0 amide bonds. The summed E-state index contributed by atoms with van der Waals surface area (Å²) in [6.45, 7) is 4.10. The Morgan fingerprint density at radius 1 is 1.26 bits per heavy atom. The maximum absolute atomic E-state index is 11.4. The molecule has 0 aromatic carbocycles. The molecule has 1 aliphatic carbocycles. The molecular formula is C14H22N4O. The number of rotatable bonds is 3. The molecule has 0 radical (unpaired) electrons. The Bertz CT molecular complexity index is 486. The first-order valence-corrected chi connectivity index (χ1v) is 7.25. The lowest BCUT2D eigenvalue weighted by atomic mass is 9.77. The van der Waals surface area contributed by atoms with Gasteiger partial charge in [0, 0.05) is 24.1 Å².